The van der Waals surface area contributed by atoms with Crippen LogP contribution < -0.4 is 5.32 Å². The number of nitrogens with zero attached hydrogens (tertiary/aromatic N) is 1. The minimum Gasteiger partial charge on any atom is -0.325 e. The van der Waals surface area contributed by atoms with Crippen molar-refractivity contribution in [2.45, 2.75) is 6.92 Å². The number of hydrogen-bond donors (Lipinski definition) is 1. The number of anilines is 1. The number of carbonyl (C=O) groups excluding carboxylic acids is 1. The quantitative estimate of drug-likeness (QED) is 0.646. The highest BCUT2D eigenvalue weighted by molar-refractivity contribution is 6.37. The Balaban J connectivity index is 3.19. The summed E-state index contributed by atoms with van der Waals surface area (Å²) in [5, 5.41) is 12.9. The van der Waals surface area contributed by atoms with E-state index in [4.69, 9.17) is 23.2 Å². The molecule has 1 amide bonds. The molecule has 0 atom stereocenters. The predicted octanol–water partition coefficient (Wildman–Crippen LogP) is 2.86. The molecule has 1 aromatic carbocycles. The van der Waals surface area contributed by atoms with Crippen LogP contribution in [-0.4, -0.2) is 10.8 Å². The number of nitro benzene ring substituents is 1. The molecule has 80 valence electrons. The molecule has 0 bridgehead atoms. The van der Waals surface area contributed by atoms with Crippen LogP contribution in [0.2, 0.25) is 10.0 Å². The van der Waals surface area contributed by atoms with Crippen molar-refractivity contribution in [1.29, 1.82) is 0 Å². The molecule has 1 aromatic rings. The van der Waals surface area contributed by atoms with Gasteiger partial charge in [-0.15, -0.1) is 0 Å². The third-order valence-corrected chi connectivity index (χ3v) is 2.16. The van der Waals surface area contributed by atoms with Gasteiger partial charge in [0.25, 0.3) is 5.69 Å². The van der Waals surface area contributed by atoms with E-state index in [9.17, 15) is 14.9 Å². The summed E-state index contributed by atoms with van der Waals surface area (Å²) in [4.78, 5) is 20.6. The van der Waals surface area contributed by atoms with E-state index in [0.717, 1.165) is 6.07 Å². The largest absolute Gasteiger partial charge is 0.325 e. The summed E-state index contributed by atoms with van der Waals surface area (Å²) in [6.07, 6.45) is 0. The standard InChI is InChI=1S/C8H6Cl2N2O3/c1-4(13)11-7-2-6(10)8(12(14)15)3-5(7)9/h2-3H,1H3,(H,11,13). The molecular formula is C8H6Cl2N2O3. The van der Waals surface area contributed by atoms with Gasteiger partial charge in [0.2, 0.25) is 5.91 Å². The Kier molecular flexibility index (Phi) is 3.49. The smallest absolute Gasteiger partial charge is 0.289 e. The lowest BCUT2D eigenvalue weighted by atomic mass is 10.3. The number of carbonyl (C=O) groups is 1. The van der Waals surface area contributed by atoms with Crippen molar-refractivity contribution in [2.24, 2.45) is 0 Å². The minimum absolute atomic E-state index is 0.0706. The zero-order valence-corrected chi connectivity index (χ0v) is 9.09. The molecule has 5 nitrogen and oxygen atoms in total. The van der Waals surface area contributed by atoms with E-state index in [-0.39, 0.29) is 27.3 Å². The molecule has 0 heterocycles. The second-order valence-corrected chi connectivity index (χ2v) is 3.54. The van der Waals surface area contributed by atoms with Crippen LogP contribution in [0.4, 0.5) is 11.4 Å². The SMILES string of the molecule is CC(=O)Nc1cc(Cl)c([N+](=O)[O-])cc1Cl. The van der Waals surface area contributed by atoms with E-state index in [1.807, 2.05) is 0 Å². The first kappa shape index (κ1) is 11.7. The third-order valence-electron chi connectivity index (χ3n) is 1.54. The zero-order valence-electron chi connectivity index (χ0n) is 7.58. The molecule has 0 unspecified atom stereocenters. The molecule has 0 spiro atoms. The second kappa shape index (κ2) is 4.46. The van der Waals surface area contributed by atoms with Gasteiger partial charge in [-0.1, -0.05) is 23.2 Å². The monoisotopic (exact) mass is 248 g/mol. The highest BCUT2D eigenvalue weighted by Gasteiger charge is 2.16. The molecule has 1 rings (SSSR count). The summed E-state index contributed by atoms with van der Waals surface area (Å²) in [5.74, 6) is -0.332. The lowest BCUT2D eigenvalue weighted by Crippen LogP contribution is -2.06. The second-order valence-electron chi connectivity index (χ2n) is 2.72. The number of rotatable bonds is 2. The van der Waals surface area contributed by atoms with Crippen molar-refractivity contribution >= 4 is 40.5 Å². The molecule has 0 radical (unpaired) electrons. The Morgan fingerprint density at radius 3 is 2.47 bits per heavy atom. The van der Waals surface area contributed by atoms with Crippen molar-refractivity contribution < 1.29 is 9.72 Å². The molecule has 0 aliphatic heterocycles. The number of benzene rings is 1. The third kappa shape index (κ3) is 2.81. The van der Waals surface area contributed by atoms with Gasteiger partial charge in [0.15, 0.2) is 0 Å². The van der Waals surface area contributed by atoms with Gasteiger partial charge in [-0.3, -0.25) is 14.9 Å². The molecule has 0 aliphatic rings. The lowest BCUT2D eigenvalue weighted by Gasteiger charge is -2.05. The summed E-state index contributed by atoms with van der Waals surface area (Å²) in [7, 11) is 0. The number of hydrogen-bond acceptors (Lipinski definition) is 3. The molecule has 0 saturated carbocycles. The molecule has 0 aromatic heterocycles. The topological polar surface area (TPSA) is 72.2 Å². The molecule has 1 N–H and O–H groups in total. The van der Waals surface area contributed by atoms with Crippen LogP contribution in [-0.2, 0) is 4.79 Å². The molecular weight excluding hydrogens is 243 g/mol. The summed E-state index contributed by atoms with van der Waals surface area (Å²) >= 11 is 11.3. The van der Waals surface area contributed by atoms with Gasteiger partial charge in [0.05, 0.1) is 15.6 Å². The fraction of sp³-hybridized carbons (Fsp3) is 0.125. The normalized spacial score (nSPS) is 9.80. The Morgan fingerprint density at radius 1 is 1.40 bits per heavy atom. The van der Waals surface area contributed by atoms with Crippen molar-refractivity contribution in [3.63, 3.8) is 0 Å². The Hall–Kier alpha value is -1.33. The van der Waals surface area contributed by atoms with Crippen molar-refractivity contribution in [3.05, 3.63) is 32.3 Å². The summed E-state index contributed by atoms with van der Waals surface area (Å²) in [6, 6.07) is 2.33. The van der Waals surface area contributed by atoms with E-state index >= 15 is 0 Å². The Labute approximate surface area is 95.1 Å². The Morgan fingerprint density at radius 2 is 2.00 bits per heavy atom. The van der Waals surface area contributed by atoms with Crippen molar-refractivity contribution in [1.82, 2.24) is 0 Å². The fourth-order valence-electron chi connectivity index (χ4n) is 0.962. The van der Waals surface area contributed by atoms with Crippen molar-refractivity contribution in [2.75, 3.05) is 5.32 Å². The first-order valence-corrected chi connectivity index (χ1v) is 4.58. The van der Waals surface area contributed by atoms with Gasteiger partial charge in [-0.2, -0.15) is 0 Å². The average molecular weight is 249 g/mol. The van der Waals surface area contributed by atoms with Gasteiger partial charge in [-0.25, -0.2) is 0 Å². The fourth-order valence-corrected chi connectivity index (χ4v) is 1.40. The number of nitro groups is 1. The van der Waals surface area contributed by atoms with Gasteiger partial charge in [0.1, 0.15) is 5.02 Å². The van der Waals surface area contributed by atoms with Crippen LogP contribution in [0.5, 0.6) is 0 Å². The maximum Gasteiger partial charge on any atom is 0.289 e. The predicted molar refractivity (Wildman–Crippen MR) is 57.4 cm³/mol. The summed E-state index contributed by atoms with van der Waals surface area (Å²) in [5.41, 5.74) is -0.0458. The van der Waals surface area contributed by atoms with E-state index in [1.165, 1.54) is 13.0 Å². The van der Waals surface area contributed by atoms with Crippen LogP contribution in [0.25, 0.3) is 0 Å². The van der Waals surface area contributed by atoms with Crippen LogP contribution in [0.15, 0.2) is 12.1 Å². The molecule has 0 fully saturated rings. The van der Waals surface area contributed by atoms with Crippen LogP contribution in [0.1, 0.15) is 6.92 Å². The van der Waals surface area contributed by atoms with Gasteiger partial charge >= 0.3 is 0 Å². The number of amides is 1. The van der Waals surface area contributed by atoms with E-state index in [0.29, 0.717) is 0 Å². The first-order chi connectivity index (χ1) is 6.91. The highest BCUT2D eigenvalue weighted by atomic mass is 35.5. The lowest BCUT2D eigenvalue weighted by molar-refractivity contribution is -0.384. The van der Waals surface area contributed by atoms with E-state index < -0.39 is 4.92 Å². The highest BCUT2D eigenvalue weighted by Crippen LogP contribution is 2.33. The Bertz CT molecular complexity index is 434. The van der Waals surface area contributed by atoms with Gasteiger partial charge in [0, 0.05) is 13.0 Å². The summed E-state index contributed by atoms with van der Waals surface area (Å²) in [6.45, 7) is 1.30. The van der Waals surface area contributed by atoms with E-state index in [1.54, 1.807) is 0 Å². The van der Waals surface area contributed by atoms with E-state index in [2.05, 4.69) is 5.32 Å². The van der Waals surface area contributed by atoms with Crippen molar-refractivity contribution in [3.8, 4) is 0 Å². The maximum absolute atomic E-state index is 10.7. The molecule has 15 heavy (non-hydrogen) atoms. The van der Waals surface area contributed by atoms with Crippen LogP contribution >= 0.6 is 23.2 Å². The van der Waals surface area contributed by atoms with Crippen LogP contribution in [0.3, 0.4) is 0 Å². The summed E-state index contributed by atoms with van der Waals surface area (Å²) < 4.78 is 0. The number of nitrogens with one attached hydrogen (secondary N) is 1. The first-order valence-electron chi connectivity index (χ1n) is 3.83. The maximum atomic E-state index is 10.7. The van der Waals surface area contributed by atoms with Gasteiger partial charge in [-0.05, 0) is 6.07 Å². The molecule has 0 saturated heterocycles. The minimum atomic E-state index is -0.647. The molecule has 0 aliphatic carbocycles. The van der Waals surface area contributed by atoms with Gasteiger partial charge < -0.3 is 5.32 Å². The van der Waals surface area contributed by atoms with Crippen LogP contribution in [0, 0.1) is 10.1 Å². The molecule has 7 heteroatoms. The average Bonchev–Trinajstić information content (AvgIpc) is 2.09. The zero-order chi connectivity index (χ0) is 11.6. The number of halogens is 2.